The molecule has 0 radical (unpaired) electrons. The molecule has 20 heavy (non-hydrogen) atoms. The maximum absolute atomic E-state index is 5.95. The van der Waals surface area contributed by atoms with E-state index in [9.17, 15) is 0 Å². The molecule has 1 aromatic carbocycles. The van der Waals surface area contributed by atoms with Gasteiger partial charge in [0, 0.05) is 31.3 Å². The fraction of sp³-hybridized carbons (Fsp3) is 0.333. The lowest BCUT2D eigenvalue weighted by Gasteiger charge is -2.12. The molecule has 0 saturated heterocycles. The van der Waals surface area contributed by atoms with E-state index in [0.29, 0.717) is 6.61 Å². The summed E-state index contributed by atoms with van der Waals surface area (Å²) in [6.07, 6.45) is 1.13. The predicted octanol–water partition coefficient (Wildman–Crippen LogP) is 5.35. The predicted molar refractivity (Wildman–Crippen MR) is 92.5 cm³/mol. The van der Waals surface area contributed by atoms with Crippen molar-refractivity contribution in [1.82, 2.24) is 5.32 Å². The second kappa shape index (κ2) is 8.17. The summed E-state index contributed by atoms with van der Waals surface area (Å²) in [7, 11) is 0. The Morgan fingerprint density at radius 1 is 1.20 bits per heavy atom. The van der Waals surface area contributed by atoms with Gasteiger partial charge in [0.1, 0.15) is 12.4 Å². The third kappa shape index (κ3) is 4.88. The Kier molecular flexibility index (Phi) is 6.55. The van der Waals surface area contributed by atoms with Crippen molar-refractivity contribution >= 4 is 43.2 Å². The number of benzene rings is 1. The molecule has 108 valence electrons. The van der Waals surface area contributed by atoms with Crippen LogP contribution in [0, 0.1) is 0 Å². The first kappa shape index (κ1) is 16.0. The van der Waals surface area contributed by atoms with Crippen molar-refractivity contribution in [2.24, 2.45) is 0 Å². The first-order valence-corrected chi connectivity index (χ1v) is 9.00. The molecule has 2 nitrogen and oxygen atoms in total. The number of rotatable bonds is 7. The van der Waals surface area contributed by atoms with Gasteiger partial charge in [0.25, 0.3) is 0 Å². The van der Waals surface area contributed by atoms with E-state index in [2.05, 4.69) is 61.6 Å². The van der Waals surface area contributed by atoms with Crippen molar-refractivity contribution in [2.75, 3.05) is 6.54 Å². The Morgan fingerprint density at radius 3 is 2.75 bits per heavy atom. The van der Waals surface area contributed by atoms with Crippen LogP contribution < -0.4 is 10.1 Å². The average molecular weight is 419 g/mol. The first-order valence-electron chi connectivity index (χ1n) is 6.54. The summed E-state index contributed by atoms with van der Waals surface area (Å²) in [5.74, 6) is 0.946. The summed E-state index contributed by atoms with van der Waals surface area (Å²) in [4.78, 5) is 1.22. The molecule has 0 saturated carbocycles. The number of hydrogen-bond donors (Lipinski definition) is 1. The fourth-order valence-electron chi connectivity index (χ4n) is 1.81. The average Bonchev–Trinajstić information content (AvgIpc) is 2.84. The number of halogens is 2. The highest BCUT2D eigenvalue weighted by molar-refractivity contribution is 9.10. The minimum absolute atomic E-state index is 0.610. The normalized spacial score (nSPS) is 10.8. The molecule has 2 rings (SSSR count). The van der Waals surface area contributed by atoms with E-state index in [0.717, 1.165) is 34.2 Å². The van der Waals surface area contributed by atoms with Crippen LogP contribution >= 0.6 is 43.2 Å². The van der Waals surface area contributed by atoms with Gasteiger partial charge in [0.15, 0.2) is 0 Å². The van der Waals surface area contributed by atoms with Crippen LogP contribution in [0.2, 0.25) is 0 Å². The van der Waals surface area contributed by atoms with Crippen molar-refractivity contribution in [3.8, 4) is 5.75 Å². The number of hydrogen-bond acceptors (Lipinski definition) is 3. The largest absolute Gasteiger partial charge is 0.488 e. The van der Waals surface area contributed by atoms with Crippen molar-refractivity contribution in [2.45, 2.75) is 26.5 Å². The minimum Gasteiger partial charge on any atom is -0.488 e. The molecule has 0 aliphatic heterocycles. The Hall–Kier alpha value is -0.360. The highest BCUT2D eigenvalue weighted by Gasteiger charge is 2.06. The van der Waals surface area contributed by atoms with Gasteiger partial charge < -0.3 is 10.1 Å². The Balaban J connectivity index is 2.01. The Morgan fingerprint density at radius 2 is 2.05 bits per heavy atom. The van der Waals surface area contributed by atoms with E-state index >= 15 is 0 Å². The van der Waals surface area contributed by atoms with Gasteiger partial charge in [-0.25, -0.2) is 0 Å². The monoisotopic (exact) mass is 417 g/mol. The van der Waals surface area contributed by atoms with Gasteiger partial charge in [-0.1, -0.05) is 22.9 Å². The lowest BCUT2D eigenvalue weighted by atomic mass is 10.2. The maximum Gasteiger partial charge on any atom is 0.124 e. The molecule has 0 aliphatic carbocycles. The Bertz CT molecular complexity index is 557. The third-order valence-electron chi connectivity index (χ3n) is 2.76. The van der Waals surface area contributed by atoms with Gasteiger partial charge in [-0.05, 0) is 53.2 Å². The topological polar surface area (TPSA) is 21.3 Å². The zero-order valence-corrected chi connectivity index (χ0v) is 15.3. The van der Waals surface area contributed by atoms with Gasteiger partial charge >= 0.3 is 0 Å². The van der Waals surface area contributed by atoms with Crippen molar-refractivity contribution < 1.29 is 4.74 Å². The summed E-state index contributed by atoms with van der Waals surface area (Å²) in [6, 6.07) is 8.25. The molecule has 1 aromatic heterocycles. The van der Waals surface area contributed by atoms with Crippen molar-refractivity contribution in [3.63, 3.8) is 0 Å². The summed E-state index contributed by atoms with van der Waals surface area (Å²) < 4.78 is 8.14. The molecule has 0 aliphatic rings. The number of ether oxygens (including phenoxy) is 1. The van der Waals surface area contributed by atoms with Gasteiger partial charge in [-0.15, -0.1) is 11.3 Å². The van der Waals surface area contributed by atoms with E-state index in [1.54, 1.807) is 11.3 Å². The van der Waals surface area contributed by atoms with Crippen molar-refractivity contribution in [3.05, 3.63) is 49.0 Å². The zero-order chi connectivity index (χ0) is 14.4. The summed E-state index contributed by atoms with van der Waals surface area (Å²) in [6.45, 7) is 4.62. The fourth-order valence-corrected chi connectivity index (χ4v) is 3.58. The van der Waals surface area contributed by atoms with E-state index in [-0.39, 0.29) is 0 Å². The van der Waals surface area contributed by atoms with Gasteiger partial charge in [0.05, 0.1) is 0 Å². The minimum atomic E-state index is 0.610. The summed E-state index contributed by atoms with van der Waals surface area (Å²) >= 11 is 8.68. The van der Waals surface area contributed by atoms with E-state index in [4.69, 9.17) is 4.74 Å². The molecule has 1 heterocycles. The Labute approximate surface area is 140 Å². The lowest BCUT2D eigenvalue weighted by Crippen LogP contribution is -2.14. The van der Waals surface area contributed by atoms with Crippen LogP contribution in [-0.4, -0.2) is 6.54 Å². The standard InChI is InChI=1S/C15H17Br2NOS/c1-2-5-18-8-11-6-12(16)3-4-15(11)19-9-14-7-13(17)10-20-14/h3-4,6-7,10,18H,2,5,8-9H2,1H3. The van der Waals surface area contributed by atoms with Gasteiger partial charge in [-0.2, -0.15) is 0 Å². The van der Waals surface area contributed by atoms with Crippen LogP contribution in [0.3, 0.4) is 0 Å². The highest BCUT2D eigenvalue weighted by atomic mass is 79.9. The number of thiophene rings is 1. The van der Waals surface area contributed by atoms with E-state index < -0.39 is 0 Å². The third-order valence-corrected chi connectivity index (χ3v) is 4.92. The van der Waals surface area contributed by atoms with Crippen molar-refractivity contribution in [1.29, 1.82) is 0 Å². The second-order valence-electron chi connectivity index (χ2n) is 4.45. The quantitative estimate of drug-likeness (QED) is 0.611. The van der Waals surface area contributed by atoms with Gasteiger partial charge in [0.2, 0.25) is 0 Å². The lowest BCUT2D eigenvalue weighted by molar-refractivity contribution is 0.305. The van der Waals surface area contributed by atoms with Crippen LogP contribution in [0.15, 0.2) is 38.6 Å². The van der Waals surface area contributed by atoms with Crippen LogP contribution in [0.25, 0.3) is 0 Å². The van der Waals surface area contributed by atoms with Crippen LogP contribution in [0.1, 0.15) is 23.8 Å². The van der Waals surface area contributed by atoms with E-state index in [1.165, 1.54) is 10.4 Å². The van der Waals surface area contributed by atoms with Crippen LogP contribution in [0.4, 0.5) is 0 Å². The maximum atomic E-state index is 5.95. The molecule has 1 N–H and O–H groups in total. The summed E-state index contributed by atoms with van der Waals surface area (Å²) in [5, 5.41) is 5.49. The van der Waals surface area contributed by atoms with Crippen LogP contribution in [-0.2, 0) is 13.2 Å². The second-order valence-corrected chi connectivity index (χ2v) is 7.28. The molecule has 0 amide bonds. The molecular formula is C15H17Br2NOS. The molecule has 0 atom stereocenters. The molecule has 0 bridgehead atoms. The molecule has 5 heteroatoms. The SMILES string of the molecule is CCCNCc1cc(Br)ccc1OCc1cc(Br)cs1. The smallest absolute Gasteiger partial charge is 0.124 e. The summed E-state index contributed by atoms with van der Waals surface area (Å²) in [5.41, 5.74) is 1.18. The molecule has 0 unspecified atom stereocenters. The van der Waals surface area contributed by atoms with Crippen LogP contribution in [0.5, 0.6) is 5.75 Å². The van der Waals surface area contributed by atoms with E-state index in [1.807, 2.05) is 12.1 Å². The number of nitrogens with one attached hydrogen (secondary N) is 1. The highest BCUT2D eigenvalue weighted by Crippen LogP contribution is 2.26. The first-order chi connectivity index (χ1) is 9.69. The van der Waals surface area contributed by atoms with Gasteiger partial charge in [-0.3, -0.25) is 0 Å². The molecular weight excluding hydrogens is 402 g/mol. The zero-order valence-electron chi connectivity index (χ0n) is 11.3. The molecule has 0 spiro atoms. The molecule has 0 fully saturated rings. The molecule has 2 aromatic rings.